The number of ether oxygens (including phenoxy) is 2. The number of terminal acetylenes is 1. The van der Waals surface area contributed by atoms with Crippen LogP contribution in [0, 0.1) is 18.2 Å². The minimum absolute atomic E-state index is 0.0993. The van der Waals surface area contributed by atoms with Gasteiger partial charge in [-0.15, -0.1) is 10.8 Å². The number of sulfonamides is 1. The van der Waals surface area contributed by atoms with Crippen molar-refractivity contribution in [2.75, 3.05) is 6.79 Å². The molecule has 0 N–H and O–H groups in total. The molecule has 6 nitrogen and oxygen atoms in total. The highest BCUT2D eigenvalue weighted by molar-refractivity contribution is 7.90. The summed E-state index contributed by atoms with van der Waals surface area (Å²) in [7, 11) is -4.01. The maximum absolute atomic E-state index is 13.0. The van der Waals surface area contributed by atoms with Gasteiger partial charge in [0.2, 0.25) is 11.6 Å². The molecule has 9 heteroatoms. The molecule has 2 aromatic carbocycles. The van der Waals surface area contributed by atoms with Gasteiger partial charge in [-0.3, -0.25) is 0 Å². The third-order valence-corrected chi connectivity index (χ3v) is 6.17. The Morgan fingerprint density at radius 1 is 1.23 bits per heavy atom. The quantitative estimate of drug-likeness (QED) is 0.645. The number of rotatable bonds is 3. The molecular formula is C17H11FN2O4S2. The first-order chi connectivity index (χ1) is 12.5. The predicted molar refractivity (Wildman–Crippen MR) is 93.9 cm³/mol. The molecule has 0 spiro atoms. The molecule has 0 fully saturated rings. The molecule has 0 amide bonds. The van der Waals surface area contributed by atoms with Gasteiger partial charge in [0.05, 0.1) is 21.7 Å². The highest BCUT2D eigenvalue weighted by Gasteiger charge is 2.19. The first-order valence-electron chi connectivity index (χ1n) is 7.41. The molecule has 4 rings (SSSR count). The van der Waals surface area contributed by atoms with Crippen molar-refractivity contribution in [2.24, 2.45) is 4.40 Å². The molecule has 0 saturated heterocycles. The normalized spacial score (nSPS) is 13.9. The molecule has 132 valence electrons. The molecule has 1 aromatic heterocycles. The second kappa shape index (κ2) is 6.16. The molecule has 0 saturated carbocycles. The van der Waals surface area contributed by atoms with Crippen molar-refractivity contribution >= 4 is 31.6 Å². The van der Waals surface area contributed by atoms with E-state index in [4.69, 9.17) is 15.9 Å². The maximum atomic E-state index is 13.0. The summed E-state index contributed by atoms with van der Waals surface area (Å²) in [5.41, 5.74) is 0.699. The molecule has 0 aliphatic carbocycles. The number of hydrogen-bond acceptors (Lipinski definition) is 5. The Hall–Kier alpha value is -2.83. The van der Waals surface area contributed by atoms with Crippen molar-refractivity contribution in [2.45, 2.75) is 11.4 Å². The Labute approximate surface area is 152 Å². The number of aromatic nitrogens is 1. The van der Waals surface area contributed by atoms with E-state index in [0.717, 1.165) is 16.8 Å². The molecule has 1 aliphatic rings. The fourth-order valence-corrected chi connectivity index (χ4v) is 4.78. The average molecular weight is 390 g/mol. The van der Waals surface area contributed by atoms with Crippen molar-refractivity contribution in [1.29, 1.82) is 0 Å². The van der Waals surface area contributed by atoms with Gasteiger partial charge < -0.3 is 14.0 Å². The van der Waals surface area contributed by atoms with Gasteiger partial charge in [0.25, 0.3) is 10.0 Å². The Morgan fingerprint density at radius 2 is 1.92 bits per heavy atom. The third-order valence-electron chi connectivity index (χ3n) is 3.74. The van der Waals surface area contributed by atoms with Gasteiger partial charge in [-0.05, 0) is 24.3 Å². The molecule has 1 aliphatic heterocycles. The van der Waals surface area contributed by atoms with Gasteiger partial charge in [-0.1, -0.05) is 17.3 Å². The van der Waals surface area contributed by atoms with E-state index in [1.807, 2.05) is 0 Å². The first-order valence-corrected chi connectivity index (χ1v) is 9.66. The first kappa shape index (κ1) is 16.6. The van der Waals surface area contributed by atoms with E-state index in [1.54, 1.807) is 16.7 Å². The van der Waals surface area contributed by atoms with Crippen LogP contribution in [0.2, 0.25) is 0 Å². The summed E-state index contributed by atoms with van der Waals surface area (Å²) in [6.07, 6.45) is 5.43. The zero-order valence-electron chi connectivity index (χ0n) is 13.2. The van der Waals surface area contributed by atoms with E-state index in [-0.39, 0.29) is 23.0 Å². The van der Waals surface area contributed by atoms with Crippen molar-refractivity contribution in [1.82, 2.24) is 4.57 Å². The second-order valence-corrected chi connectivity index (χ2v) is 7.98. The van der Waals surface area contributed by atoms with Crippen LogP contribution in [-0.2, 0) is 16.6 Å². The molecule has 3 aromatic rings. The molecule has 0 radical (unpaired) electrons. The standard InChI is InChI=1S/C17H11FN2O4S2/c1-2-7-20-13-8-14-15(24-10-23-14)9-16(13)25-17(20)19-26(21,22)12-5-3-11(18)4-6-12/h1,3-6,8-9H,7,10H2/b19-17-. The van der Waals surface area contributed by atoms with E-state index >= 15 is 0 Å². The lowest BCUT2D eigenvalue weighted by Crippen LogP contribution is -2.16. The van der Waals surface area contributed by atoms with Gasteiger partial charge in [0, 0.05) is 12.1 Å². The Morgan fingerprint density at radius 3 is 2.62 bits per heavy atom. The second-order valence-electron chi connectivity index (χ2n) is 5.37. The third kappa shape index (κ3) is 2.83. The minimum Gasteiger partial charge on any atom is -0.454 e. The van der Waals surface area contributed by atoms with Crippen LogP contribution in [0.4, 0.5) is 4.39 Å². The summed E-state index contributed by atoms with van der Waals surface area (Å²) in [6, 6.07) is 7.99. The molecule has 0 unspecified atom stereocenters. The van der Waals surface area contributed by atoms with Crippen LogP contribution < -0.4 is 14.3 Å². The largest absolute Gasteiger partial charge is 0.454 e. The maximum Gasteiger partial charge on any atom is 0.285 e. The summed E-state index contributed by atoms with van der Waals surface area (Å²) in [5.74, 6) is 3.12. The monoisotopic (exact) mass is 390 g/mol. The van der Waals surface area contributed by atoms with Crippen LogP contribution in [0.25, 0.3) is 10.2 Å². The summed E-state index contributed by atoms with van der Waals surface area (Å²) in [5, 5.41) is 0. The summed E-state index contributed by atoms with van der Waals surface area (Å²) in [6.45, 7) is 0.273. The summed E-state index contributed by atoms with van der Waals surface area (Å²) >= 11 is 1.17. The van der Waals surface area contributed by atoms with Gasteiger partial charge in [0.15, 0.2) is 11.5 Å². The molecule has 0 bridgehead atoms. The zero-order chi connectivity index (χ0) is 18.3. The van der Waals surface area contributed by atoms with Crippen LogP contribution in [0.15, 0.2) is 45.7 Å². The van der Waals surface area contributed by atoms with Crippen LogP contribution in [0.5, 0.6) is 11.5 Å². The van der Waals surface area contributed by atoms with E-state index in [9.17, 15) is 12.8 Å². The van der Waals surface area contributed by atoms with Gasteiger partial charge in [-0.25, -0.2) is 4.39 Å². The minimum atomic E-state index is -4.01. The van der Waals surface area contributed by atoms with E-state index in [1.165, 1.54) is 23.5 Å². The van der Waals surface area contributed by atoms with E-state index in [2.05, 4.69) is 10.3 Å². The van der Waals surface area contributed by atoms with Crippen molar-refractivity contribution in [3.63, 3.8) is 0 Å². The topological polar surface area (TPSA) is 69.9 Å². The Kier molecular flexibility index (Phi) is 3.94. The van der Waals surface area contributed by atoms with Crippen LogP contribution in [0.3, 0.4) is 0 Å². The number of nitrogens with zero attached hydrogens (tertiary/aromatic N) is 2. The van der Waals surface area contributed by atoms with Crippen molar-refractivity contribution in [3.05, 3.63) is 47.0 Å². The predicted octanol–water partition coefficient (Wildman–Crippen LogP) is 2.49. The van der Waals surface area contributed by atoms with Crippen LogP contribution >= 0.6 is 11.3 Å². The summed E-state index contributed by atoms with van der Waals surface area (Å²) < 4.78 is 55.1. The molecule has 26 heavy (non-hydrogen) atoms. The van der Waals surface area contributed by atoms with Crippen LogP contribution in [0.1, 0.15) is 0 Å². The molecule has 2 heterocycles. The SMILES string of the molecule is C#CCn1/c(=N/S(=O)(=O)c2ccc(F)cc2)sc2cc3c(cc21)OCO3. The Balaban J connectivity index is 1.93. The van der Waals surface area contributed by atoms with Crippen molar-refractivity contribution in [3.8, 4) is 23.8 Å². The van der Waals surface area contributed by atoms with Crippen molar-refractivity contribution < 1.29 is 22.3 Å². The summed E-state index contributed by atoms with van der Waals surface area (Å²) in [4.78, 5) is 0.115. The Bertz CT molecular complexity index is 1220. The number of hydrogen-bond donors (Lipinski definition) is 0. The molecule has 0 atom stereocenters. The lowest BCUT2D eigenvalue weighted by molar-refractivity contribution is 0.174. The number of benzene rings is 2. The van der Waals surface area contributed by atoms with Gasteiger partial charge in [0.1, 0.15) is 5.82 Å². The number of fused-ring (bicyclic) bond motifs is 2. The van der Waals surface area contributed by atoms with Crippen LogP contribution in [-0.4, -0.2) is 19.8 Å². The highest BCUT2D eigenvalue weighted by Crippen LogP contribution is 2.37. The molecular weight excluding hydrogens is 379 g/mol. The number of halogens is 1. The highest BCUT2D eigenvalue weighted by atomic mass is 32.2. The number of thiazole rings is 1. The fourth-order valence-electron chi connectivity index (χ4n) is 2.54. The fraction of sp³-hybridized carbons (Fsp3) is 0.118. The lowest BCUT2D eigenvalue weighted by atomic mass is 10.3. The van der Waals surface area contributed by atoms with E-state index < -0.39 is 15.8 Å². The average Bonchev–Trinajstić information content (AvgIpc) is 3.18. The zero-order valence-corrected chi connectivity index (χ0v) is 14.8. The smallest absolute Gasteiger partial charge is 0.285 e. The van der Waals surface area contributed by atoms with Gasteiger partial charge >= 0.3 is 0 Å². The van der Waals surface area contributed by atoms with Gasteiger partial charge in [-0.2, -0.15) is 8.42 Å². The lowest BCUT2D eigenvalue weighted by Gasteiger charge is -2.02. The van der Waals surface area contributed by atoms with E-state index in [0.29, 0.717) is 17.0 Å².